The quantitative estimate of drug-likeness (QED) is 0.528. The molecule has 1 fully saturated rings. The van der Waals surface area contributed by atoms with Gasteiger partial charge >= 0.3 is 12.3 Å². The number of hydrogen-bond donors (Lipinski definition) is 0. The average Bonchev–Trinajstić information content (AvgIpc) is 3.18. The predicted octanol–water partition coefficient (Wildman–Crippen LogP) is 5.01. The number of rotatable bonds is 4. The third-order valence-electron chi connectivity index (χ3n) is 6.64. The summed E-state index contributed by atoms with van der Waals surface area (Å²) in [7, 11) is 0. The number of benzene rings is 1. The van der Waals surface area contributed by atoms with Crippen LogP contribution in [0.15, 0.2) is 24.3 Å². The number of fused-ring (bicyclic) bond motifs is 1. The number of carbonyl (C=O) groups excluding carboxylic acids is 2. The normalized spacial score (nSPS) is 18.5. The summed E-state index contributed by atoms with van der Waals surface area (Å²) in [5.41, 5.74) is -0.495. The number of ether oxygens (including phenoxy) is 1. The summed E-state index contributed by atoms with van der Waals surface area (Å²) in [5, 5.41) is 3.85. The van der Waals surface area contributed by atoms with Gasteiger partial charge < -0.3 is 14.5 Å². The van der Waals surface area contributed by atoms with Gasteiger partial charge in [0, 0.05) is 31.6 Å². The van der Waals surface area contributed by atoms with Gasteiger partial charge in [-0.15, -0.1) is 0 Å². The van der Waals surface area contributed by atoms with E-state index in [0.29, 0.717) is 24.3 Å². The van der Waals surface area contributed by atoms with Gasteiger partial charge in [-0.1, -0.05) is 12.1 Å². The number of piperidine rings is 1. The van der Waals surface area contributed by atoms with Crippen molar-refractivity contribution >= 4 is 12.0 Å². The van der Waals surface area contributed by atoms with Crippen molar-refractivity contribution < 1.29 is 31.9 Å². The van der Waals surface area contributed by atoms with E-state index in [1.807, 2.05) is 0 Å². The number of aromatic nitrogens is 2. The van der Waals surface area contributed by atoms with E-state index in [-0.39, 0.29) is 49.9 Å². The largest absolute Gasteiger partial charge is 0.444 e. The van der Waals surface area contributed by atoms with E-state index in [9.17, 15) is 27.2 Å². The minimum absolute atomic E-state index is 0.0148. The molecule has 1 unspecified atom stereocenters. The number of alkyl halides is 3. The fourth-order valence-corrected chi connectivity index (χ4v) is 4.91. The molecule has 7 nitrogen and oxygen atoms in total. The highest BCUT2D eigenvalue weighted by Gasteiger charge is 2.41. The monoisotopic (exact) mass is 524 g/mol. The number of hydrogen-bond acceptors (Lipinski definition) is 4. The van der Waals surface area contributed by atoms with Crippen molar-refractivity contribution in [3.63, 3.8) is 0 Å². The molecule has 0 radical (unpaired) electrons. The van der Waals surface area contributed by atoms with E-state index in [2.05, 4.69) is 5.10 Å². The van der Waals surface area contributed by atoms with Gasteiger partial charge in [0.15, 0.2) is 5.69 Å². The summed E-state index contributed by atoms with van der Waals surface area (Å²) in [4.78, 5) is 28.8. The number of amides is 2. The van der Waals surface area contributed by atoms with Crippen LogP contribution in [0.1, 0.15) is 62.5 Å². The Balaban J connectivity index is 1.46. The van der Waals surface area contributed by atoms with Crippen LogP contribution in [0.2, 0.25) is 0 Å². The summed E-state index contributed by atoms with van der Waals surface area (Å²) >= 11 is 0. The molecule has 0 spiro atoms. The number of likely N-dealkylation sites (tertiary alicyclic amines) is 1. The lowest BCUT2D eigenvalue weighted by Gasteiger charge is -2.35. The highest BCUT2D eigenvalue weighted by atomic mass is 19.4. The van der Waals surface area contributed by atoms with Crippen molar-refractivity contribution in [2.24, 2.45) is 5.92 Å². The molecule has 1 saturated heterocycles. The Labute approximate surface area is 213 Å². The second-order valence-electron chi connectivity index (χ2n) is 10.8. The van der Waals surface area contributed by atoms with Gasteiger partial charge in [0.2, 0.25) is 5.91 Å². The van der Waals surface area contributed by atoms with Gasteiger partial charge in [-0.3, -0.25) is 9.48 Å². The van der Waals surface area contributed by atoms with Crippen molar-refractivity contribution in [1.29, 1.82) is 0 Å². The Bertz CT molecular complexity index is 1140. The lowest BCUT2D eigenvalue weighted by molar-refractivity contribution is -0.142. The summed E-state index contributed by atoms with van der Waals surface area (Å²) in [6.07, 6.45) is -3.24. The zero-order valence-corrected chi connectivity index (χ0v) is 21.3. The smallest absolute Gasteiger partial charge is 0.435 e. The molecule has 3 heterocycles. The second kappa shape index (κ2) is 10.3. The first-order valence-corrected chi connectivity index (χ1v) is 12.5. The molecule has 2 aliphatic heterocycles. The molecule has 1 aromatic heterocycles. The van der Waals surface area contributed by atoms with Gasteiger partial charge in [0.1, 0.15) is 11.4 Å². The van der Waals surface area contributed by atoms with E-state index in [0.717, 1.165) is 12.8 Å². The summed E-state index contributed by atoms with van der Waals surface area (Å²) < 4.78 is 61.1. The summed E-state index contributed by atoms with van der Waals surface area (Å²) in [6.45, 7) is 6.58. The predicted molar refractivity (Wildman–Crippen MR) is 127 cm³/mol. The van der Waals surface area contributed by atoms with Crippen molar-refractivity contribution in [1.82, 2.24) is 19.6 Å². The Hall–Kier alpha value is -3.11. The number of halogens is 4. The van der Waals surface area contributed by atoms with Gasteiger partial charge in [-0.05, 0) is 63.6 Å². The fraction of sp³-hybridized carbons (Fsp3) is 0.577. The van der Waals surface area contributed by atoms with E-state index in [1.165, 1.54) is 28.9 Å². The number of nitrogens with zero attached hydrogens (tertiary/aromatic N) is 4. The van der Waals surface area contributed by atoms with Crippen molar-refractivity contribution in [3.8, 4) is 0 Å². The molecule has 4 rings (SSSR count). The van der Waals surface area contributed by atoms with Gasteiger partial charge in [-0.25, -0.2) is 9.18 Å². The maximum absolute atomic E-state index is 13.7. The molecule has 0 N–H and O–H groups in total. The van der Waals surface area contributed by atoms with Crippen LogP contribution in [0.4, 0.5) is 22.4 Å². The van der Waals surface area contributed by atoms with E-state index in [1.54, 1.807) is 30.6 Å². The molecule has 0 aliphatic carbocycles. The lowest BCUT2D eigenvalue weighted by Crippen LogP contribution is -2.44. The molecule has 1 atom stereocenters. The van der Waals surface area contributed by atoms with E-state index < -0.39 is 29.4 Å². The van der Waals surface area contributed by atoms with Crippen LogP contribution >= 0.6 is 0 Å². The Morgan fingerprint density at radius 1 is 1.08 bits per heavy atom. The minimum Gasteiger partial charge on any atom is -0.444 e. The first-order chi connectivity index (χ1) is 17.3. The van der Waals surface area contributed by atoms with Crippen LogP contribution in [0.25, 0.3) is 0 Å². The third kappa shape index (κ3) is 6.61. The molecule has 2 aliphatic rings. The molecule has 37 heavy (non-hydrogen) atoms. The summed E-state index contributed by atoms with van der Waals surface area (Å²) in [6, 6.07) is 5.50. The van der Waals surface area contributed by atoms with Crippen LogP contribution in [0.3, 0.4) is 0 Å². The van der Waals surface area contributed by atoms with Crippen molar-refractivity contribution in [3.05, 3.63) is 52.6 Å². The van der Waals surface area contributed by atoms with Crippen molar-refractivity contribution in [2.45, 2.75) is 71.3 Å². The van der Waals surface area contributed by atoms with Crippen LogP contribution in [-0.4, -0.2) is 56.8 Å². The zero-order chi connectivity index (χ0) is 27.0. The average molecular weight is 525 g/mol. The summed E-state index contributed by atoms with van der Waals surface area (Å²) in [5.74, 6) is -0.651. The van der Waals surface area contributed by atoms with Crippen LogP contribution < -0.4 is 0 Å². The van der Waals surface area contributed by atoms with E-state index >= 15 is 0 Å². The molecule has 2 amide bonds. The van der Waals surface area contributed by atoms with Crippen LogP contribution in [-0.2, 0) is 35.2 Å². The molecule has 11 heteroatoms. The molecule has 0 bridgehead atoms. The fourth-order valence-electron chi connectivity index (χ4n) is 4.91. The van der Waals surface area contributed by atoms with Crippen LogP contribution in [0.5, 0.6) is 0 Å². The molecule has 202 valence electrons. The van der Waals surface area contributed by atoms with E-state index in [4.69, 9.17) is 4.74 Å². The van der Waals surface area contributed by atoms with Crippen molar-refractivity contribution in [2.75, 3.05) is 19.6 Å². The Morgan fingerprint density at radius 2 is 1.78 bits per heavy atom. The maximum Gasteiger partial charge on any atom is 0.435 e. The first-order valence-electron chi connectivity index (χ1n) is 12.5. The minimum atomic E-state index is -4.61. The SMILES string of the molecule is CC(C)(C)OC(=O)N1CCCC(CC(=O)N2CCc3c(C(F)(F)F)nn(Cc4ccc(F)cc4)c3C2)C1. The standard InChI is InChI=1S/C26H32F4N4O3/c1-25(2,3)37-24(36)33-11-4-5-18(14-33)13-22(35)32-12-10-20-21(16-32)34(31-23(20)26(28,29)30)15-17-6-8-19(27)9-7-17/h6-9,18H,4-5,10-16H2,1-3H3. The van der Waals surface area contributed by atoms with Crippen LogP contribution in [0, 0.1) is 11.7 Å². The van der Waals surface area contributed by atoms with Gasteiger partial charge in [0.25, 0.3) is 0 Å². The maximum atomic E-state index is 13.7. The second-order valence-corrected chi connectivity index (χ2v) is 10.8. The van der Waals surface area contributed by atoms with Gasteiger partial charge in [-0.2, -0.15) is 18.3 Å². The Kier molecular flexibility index (Phi) is 7.52. The van der Waals surface area contributed by atoms with Gasteiger partial charge in [0.05, 0.1) is 18.8 Å². The first kappa shape index (κ1) is 26.9. The third-order valence-corrected chi connectivity index (χ3v) is 6.64. The molecular weight excluding hydrogens is 492 g/mol. The highest BCUT2D eigenvalue weighted by Crippen LogP contribution is 2.35. The highest BCUT2D eigenvalue weighted by molar-refractivity contribution is 5.77. The molecule has 0 saturated carbocycles. The molecule has 1 aromatic carbocycles. The topological polar surface area (TPSA) is 67.7 Å². The molecule has 2 aromatic rings. The molecular formula is C26H32F4N4O3. The lowest BCUT2D eigenvalue weighted by atomic mass is 9.93. The Morgan fingerprint density at radius 3 is 2.43 bits per heavy atom. The number of carbonyl (C=O) groups is 2. The zero-order valence-electron chi connectivity index (χ0n) is 21.3.